The summed E-state index contributed by atoms with van der Waals surface area (Å²) in [5, 5.41) is 13.7. The summed E-state index contributed by atoms with van der Waals surface area (Å²) in [5.41, 5.74) is 0.818. The molecule has 2 aromatic carbocycles. The van der Waals surface area contributed by atoms with Gasteiger partial charge in [0.2, 0.25) is 0 Å². The molecule has 4 nitrogen and oxygen atoms in total. The summed E-state index contributed by atoms with van der Waals surface area (Å²) in [6, 6.07) is 7.69. The SMILES string of the molecule is O=[N+]([O-])c1cc(NCc2cc(F)cc(F)c2)ccc1Br. The Kier molecular flexibility index (Phi) is 4.29. The smallest absolute Gasteiger partial charge is 0.285 e. The van der Waals surface area contributed by atoms with Gasteiger partial charge < -0.3 is 5.32 Å². The van der Waals surface area contributed by atoms with Crippen LogP contribution in [-0.2, 0) is 6.54 Å². The molecule has 0 spiro atoms. The van der Waals surface area contributed by atoms with Gasteiger partial charge in [0, 0.05) is 24.4 Å². The van der Waals surface area contributed by atoms with Crippen molar-refractivity contribution >= 4 is 27.3 Å². The number of rotatable bonds is 4. The largest absolute Gasteiger partial charge is 0.381 e. The van der Waals surface area contributed by atoms with E-state index < -0.39 is 16.6 Å². The fraction of sp³-hybridized carbons (Fsp3) is 0.0769. The molecule has 0 atom stereocenters. The topological polar surface area (TPSA) is 55.2 Å². The predicted molar refractivity (Wildman–Crippen MR) is 74.5 cm³/mol. The van der Waals surface area contributed by atoms with Gasteiger partial charge in [0.1, 0.15) is 11.6 Å². The maximum absolute atomic E-state index is 13.0. The molecule has 2 rings (SSSR count). The molecule has 0 amide bonds. The van der Waals surface area contributed by atoms with Gasteiger partial charge in [-0.25, -0.2) is 8.78 Å². The predicted octanol–water partition coefficient (Wildman–Crippen LogP) is 4.25. The number of nitro benzene ring substituents is 1. The molecular formula is C13H9BrF2N2O2. The third-order valence-electron chi connectivity index (χ3n) is 2.56. The summed E-state index contributed by atoms with van der Waals surface area (Å²) in [6.45, 7) is 0.160. The van der Waals surface area contributed by atoms with Crippen molar-refractivity contribution in [2.45, 2.75) is 6.54 Å². The maximum atomic E-state index is 13.0. The molecule has 104 valence electrons. The van der Waals surface area contributed by atoms with E-state index in [-0.39, 0.29) is 12.2 Å². The number of hydrogen-bond donors (Lipinski definition) is 1. The van der Waals surface area contributed by atoms with Crippen LogP contribution in [0.4, 0.5) is 20.2 Å². The molecule has 0 aromatic heterocycles. The van der Waals surface area contributed by atoms with Gasteiger partial charge in [0.15, 0.2) is 0 Å². The van der Waals surface area contributed by atoms with Crippen LogP contribution in [0.15, 0.2) is 40.9 Å². The quantitative estimate of drug-likeness (QED) is 0.667. The highest BCUT2D eigenvalue weighted by Gasteiger charge is 2.12. The summed E-state index contributed by atoms with van der Waals surface area (Å²) < 4.78 is 26.4. The van der Waals surface area contributed by atoms with Crippen LogP contribution in [0.25, 0.3) is 0 Å². The van der Waals surface area contributed by atoms with Gasteiger partial charge in [0.25, 0.3) is 5.69 Å². The van der Waals surface area contributed by atoms with Gasteiger partial charge in [-0.2, -0.15) is 0 Å². The Balaban J connectivity index is 2.14. The van der Waals surface area contributed by atoms with Gasteiger partial charge in [-0.05, 0) is 45.8 Å². The second kappa shape index (κ2) is 5.96. The molecule has 0 bridgehead atoms. The van der Waals surface area contributed by atoms with Gasteiger partial charge in [-0.1, -0.05) is 0 Å². The van der Waals surface area contributed by atoms with E-state index in [9.17, 15) is 18.9 Å². The minimum absolute atomic E-state index is 0.0829. The van der Waals surface area contributed by atoms with Gasteiger partial charge in [-0.3, -0.25) is 10.1 Å². The zero-order chi connectivity index (χ0) is 14.7. The Labute approximate surface area is 121 Å². The molecule has 0 aliphatic heterocycles. The Morgan fingerprint density at radius 2 is 1.80 bits per heavy atom. The highest BCUT2D eigenvalue weighted by atomic mass is 79.9. The van der Waals surface area contributed by atoms with Crippen molar-refractivity contribution in [1.29, 1.82) is 0 Å². The lowest BCUT2D eigenvalue weighted by atomic mass is 10.2. The third-order valence-corrected chi connectivity index (χ3v) is 3.23. The van der Waals surface area contributed by atoms with Gasteiger partial charge in [0.05, 0.1) is 9.40 Å². The molecule has 0 aliphatic carbocycles. The molecule has 0 aliphatic rings. The molecule has 0 radical (unpaired) electrons. The standard InChI is InChI=1S/C13H9BrF2N2O2/c14-12-2-1-11(6-13(12)18(19)20)17-7-8-3-9(15)5-10(16)4-8/h1-6,17H,7H2. The molecule has 0 heterocycles. The van der Waals surface area contributed by atoms with Gasteiger partial charge in [-0.15, -0.1) is 0 Å². The van der Waals surface area contributed by atoms with E-state index in [1.807, 2.05) is 0 Å². The lowest BCUT2D eigenvalue weighted by molar-refractivity contribution is -0.385. The zero-order valence-electron chi connectivity index (χ0n) is 10.1. The number of nitrogens with zero attached hydrogens (tertiary/aromatic N) is 1. The van der Waals surface area contributed by atoms with Crippen LogP contribution >= 0.6 is 15.9 Å². The first-order chi connectivity index (χ1) is 9.45. The van der Waals surface area contributed by atoms with Crippen molar-refractivity contribution in [3.05, 3.63) is 68.2 Å². The lowest BCUT2D eigenvalue weighted by Gasteiger charge is -2.07. The van der Waals surface area contributed by atoms with E-state index in [0.717, 1.165) is 6.07 Å². The molecule has 20 heavy (non-hydrogen) atoms. The van der Waals surface area contributed by atoms with E-state index in [2.05, 4.69) is 21.2 Å². The van der Waals surface area contributed by atoms with Crippen molar-refractivity contribution in [2.24, 2.45) is 0 Å². The lowest BCUT2D eigenvalue weighted by Crippen LogP contribution is -2.01. The molecule has 0 saturated heterocycles. The van der Waals surface area contributed by atoms with Crippen LogP contribution in [0.2, 0.25) is 0 Å². The minimum atomic E-state index is -0.663. The average molecular weight is 343 g/mol. The first-order valence-corrected chi connectivity index (χ1v) is 6.38. The number of anilines is 1. The molecule has 0 saturated carbocycles. The highest BCUT2D eigenvalue weighted by Crippen LogP contribution is 2.28. The van der Waals surface area contributed by atoms with Gasteiger partial charge >= 0.3 is 0 Å². The van der Waals surface area contributed by atoms with Crippen molar-refractivity contribution < 1.29 is 13.7 Å². The van der Waals surface area contributed by atoms with Crippen molar-refractivity contribution in [3.63, 3.8) is 0 Å². The average Bonchev–Trinajstić information content (AvgIpc) is 2.36. The van der Waals surface area contributed by atoms with Crippen LogP contribution in [0.5, 0.6) is 0 Å². The Morgan fingerprint density at radius 3 is 2.40 bits per heavy atom. The van der Waals surface area contributed by atoms with Crippen molar-refractivity contribution in [2.75, 3.05) is 5.32 Å². The van der Waals surface area contributed by atoms with E-state index in [0.29, 0.717) is 15.7 Å². The Morgan fingerprint density at radius 1 is 1.15 bits per heavy atom. The third kappa shape index (κ3) is 3.51. The minimum Gasteiger partial charge on any atom is -0.381 e. The van der Waals surface area contributed by atoms with E-state index in [4.69, 9.17) is 0 Å². The first-order valence-electron chi connectivity index (χ1n) is 5.58. The normalized spacial score (nSPS) is 10.3. The first kappa shape index (κ1) is 14.4. The number of nitro groups is 1. The van der Waals surface area contributed by atoms with Crippen LogP contribution in [-0.4, -0.2) is 4.92 Å². The van der Waals surface area contributed by atoms with Crippen LogP contribution in [0.3, 0.4) is 0 Å². The Bertz CT molecular complexity index is 645. The number of hydrogen-bond acceptors (Lipinski definition) is 3. The van der Waals surface area contributed by atoms with Crippen LogP contribution < -0.4 is 5.32 Å². The van der Waals surface area contributed by atoms with E-state index in [1.54, 1.807) is 6.07 Å². The molecular weight excluding hydrogens is 334 g/mol. The molecule has 7 heteroatoms. The second-order valence-corrected chi connectivity index (χ2v) is 4.91. The summed E-state index contributed by atoms with van der Waals surface area (Å²) >= 11 is 3.08. The second-order valence-electron chi connectivity index (χ2n) is 4.05. The fourth-order valence-corrected chi connectivity index (χ4v) is 2.07. The van der Waals surface area contributed by atoms with E-state index in [1.165, 1.54) is 24.3 Å². The number of benzene rings is 2. The summed E-state index contributed by atoms with van der Waals surface area (Å²) in [4.78, 5) is 10.3. The summed E-state index contributed by atoms with van der Waals surface area (Å²) in [5.74, 6) is -1.33. The van der Waals surface area contributed by atoms with Crippen molar-refractivity contribution in [3.8, 4) is 0 Å². The zero-order valence-corrected chi connectivity index (χ0v) is 11.7. The molecule has 2 aromatic rings. The maximum Gasteiger partial charge on any atom is 0.285 e. The fourth-order valence-electron chi connectivity index (χ4n) is 1.68. The Hall–Kier alpha value is -2.02. The summed E-state index contributed by atoms with van der Waals surface area (Å²) in [6.07, 6.45) is 0. The van der Waals surface area contributed by atoms with Crippen LogP contribution in [0, 0.1) is 21.7 Å². The molecule has 1 N–H and O–H groups in total. The van der Waals surface area contributed by atoms with Crippen LogP contribution in [0.1, 0.15) is 5.56 Å². The monoisotopic (exact) mass is 342 g/mol. The summed E-state index contributed by atoms with van der Waals surface area (Å²) in [7, 11) is 0. The van der Waals surface area contributed by atoms with E-state index >= 15 is 0 Å². The van der Waals surface area contributed by atoms with Crippen molar-refractivity contribution in [1.82, 2.24) is 0 Å². The molecule has 0 fully saturated rings. The molecule has 0 unspecified atom stereocenters. The number of halogens is 3. The number of nitrogens with one attached hydrogen (secondary N) is 1. The highest BCUT2D eigenvalue weighted by molar-refractivity contribution is 9.10.